The van der Waals surface area contributed by atoms with Crippen LogP contribution in [0.1, 0.15) is 119 Å². The average Bonchev–Trinajstić information content (AvgIpc) is 3.11. The number of amides is 1. The number of hydrogen-bond acceptors (Lipinski definition) is 7. The topological polar surface area (TPSA) is 203 Å². The molecule has 2 aromatic rings. The molecule has 306 valence electrons. The van der Waals surface area contributed by atoms with E-state index < -0.39 is 5.97 Å². The number of carbonyl (C=O) groups excluding carboxylic acids is 1. The Hall–Kier alpha value is -4.12. The maximum absolute atomic E-state index is 10.1. The molecule has 0 fully saturated rings. The van der Waals surface area contributed by atoms with Gasteiger partial charge in [0.05, 0.1) is 26.4 Å². The summed E-state index contributed by atoms with van der Waals surface area (Å²) in [6.07, 6.45) is 5.67. The van der Waals surface area contributed by atoms with Gasteiger partial charge in [-0.3, -0.25) is 9.59 Å². The number of aryl methyl sites for hydroxylation is 2. The first-order valence-corrected chi connectivity index (χ1v) is 17.5. The molecule has 3 N–H and O–H groups in total. The van der Waals surface area contributed by atoms with Crippen LogP contribution >= 0.6 is 0 Å². The summed E-state index contributed by atoms with van der Waals surface area (Å²) in [5.41, 5.74) is 19.9. The van der Waals surface area contributed by atoms with Crippen molar-refractivity contribution in [1.29, 1.82) is 0 Å². The lowest BCUT2D eigenvalue weighted by Gasteiger charge is -2.05. The van der Waals surface area contributed by atoms with Crippen molar-refractivity contribution < 1.29 is 29.3 Å². The molecule has 13 heteroatoms. The number of aliphatic hydroxyl groups is 1. The molecule has 0 aliphatic rings. The Morgan fingerprint density at radius 1 is 0.774 bits per heavy atom. The second kappa shape index (κ2) is 47.9. The van der Waals surface area contributed by atoms with Gasteiger partial charge in [0.25, 0.3) is 0 Å². The first kappa shape index (κ1) is 60.9. The van der Waals surface area contributed by atoms with Crippen LogP contribution in [0.15, 0.2) is 64.8 Å². The van der Waals surface area contributed by atoms with Gasteiger partial charge < -0.3 is 25.0 Å². The standard InChI is InChI=1S/C9H12O.C8H10.C6H11N3O2.C5H11N3O2.C5H11NO.C5H12.2CH4/c1-2-8-3-5-9(7-10)6-4-8;1-2-8-6-4-3-5-7-8;7-9-8-5-3-1-2-4-6(10)11;1-9-4-5-10-3-2-7-8-6;1-3-4-6-5(2)7;1-5(2,3)4;;/h3-6,10H,2,7H2,1H3;3-7H,2H2,1H3;1-5H2,(H,10,11);2-5H2,1H3;3-4H2,1-2H3,(H,6,7);1-4H3;2*1H4. The Morgan fingerprint density at radius 3 is 1.64 bits per heavy atom. The van der Waals surface area contributed by atoms with Gasteiger partial charge in [-0.05, 0) is 65.3 Å². The highest BCUT2D eigenvalue weighted by Crippen LogP contribution is 2.08. The lowest BCUT2D eigenvalue weighted by Crippen LogP contribution is -2.19. The molecule has 0 aliphatic carbocycles. The zero-order valence-electron chi connectivity index (χ0n) is 32.8. The van der Waals surface area contributed by atoms with Crippen LogP contribution in [-0.2, 0) is 38.5 Å². The fraction of sp³-hybridized carbons (Fsp3) is 0.650. The molecule has 1 amide bonds. The smallest absolute Gasteiger partial charge is 0.303 e. The molecular weight excluding hydrogens is 674 g/mol. The van der Waals surface area contributed by atoms with E-state index in [1.54, 1.807) is 7.11 Å². The Balaban J connectivity index is -0.000000126. The van der Waals surface area contributed by atoms with Crippen LogP contribution in [0, 0.1) is 5.41 Å². The molecule has 0 unspecified atom stereocenters. The summed E-state index contributed by atoms with van der Waals surface area (Å²) in [6, 6.07) is 18.5. The number of carboxylic acids is 1. The fourth-order valence-corrected chi connectivity index (χ4v) is 2.97. The number of methoxy groups -OCH3 is 1. The zero-order chi connectivity index (χ0) is 39.6. The number of ether oxygens (including phenoxy) is 2. The van der Waals surface area contributed by atoms with E-state index in [4.69, 9.17) is 30.7 Å². The molecule has 0 saturated carbocycles. The summed E-state index contributed by atoms with van der Waals surface area (Å²) in [4.78, 5) is 25.2. The molecule has 0 aromatic heterocycles. The number of carbonyl (C=O) groups is 2. The molecule has 0 bridgehead atoms. The summed E-state index contributed by atoms with van der Waals surface area (Å²) in [6.45, 7) is 20.0. The van der Waals surface area contributed by atoms with Gasteiger partial charge in [0.1, 0.15) is 0 Å². The summed E-state index contributed by atoms with van der Waals surface area (Å²) in [5.74, 6) is -0.712. The molecule has 0 radical (unpaired) electrons. The number of nitrogens with one attached hydrogen (secondary N) is 1. The van der Waals surface area contributed by atoms with E-state index in [0.717, 1.165) is 44.2 Å². The van der Waals surface area contributed by atoms with Crippen molar-refractivity contribution >= 4 is 11.9 Å². The number of rotatable bonds is 17. The molecular formula is C40H75N7O6. The molecule has 0 atom stereocenters. The van der Waals surface area contributed by atoms with E-state index in [1.165, 1.54) is 18.1 Å². The van der Waals surface area contributed by atoms with Crippen molar-refractivity contribution in [2.45, 2.75) is 122 Å². The molecule has 0 saturated heterocycles. The first-order valence-electron chi connectivity index (χ1n) is 17.5. The summed E-state index contributed by atoms with van der Waals surface area (Å²) in [5, 5.41) is 26.2. The van der Waals surface area contributed by atoms with Gasteiger partial charge in [-0.15, -0.1) is 0 Å². The van der Waals surface area contributed by atoms with E-state index in [2.05, 4.69) is 91.2 Å². The van der Waals surface area contributed by atoms with Crippen LogP contribution in [0.3, 0.4) is 0 Å². The first-order chi connectivity index (χ1) is 24.2. The van der Waals surface area contributed by atoms with Crippen molar-refractivity contribution in [2.24, 2.45) is 15.6 Å². The highest BCUT2D eigenvalue weighted by molar-refractivity contribution is 5.72. The third-order valence-corrected chi connectivity index (χ3v) is 5.53. The predicted octanol–water partition coefficient (Wildman–Crippen LogP) is 10.7. The van der Waals surface area contributed by atoms with Gasteiger partial charge in [0, 0.05) is 49.9 Å². The normalized spacial score (nSPS) is 8.94. The third-order valence-electron chi connectivity index (χ3n) is 5.53. The molecule has 53 heavy (non-hydrogen) atoms. The number of unbranched alkanes of at least 4 members (excludes halogenated alkanes) is 2. The van der Waals surface area contributed by atoms with Gasteiger partial charge in [0.15, 0.2) is 0 Å². The largest absolute Gasteiger partial charge is 0.481 e. The minimum absolute atomic E-state index is 0. The molecule has 13 nitrogen and oxygen atoms in total. The van der Waals surface area contributed by atoms with Gasteiger partial charge in [0.2, 0.25) is 5.91 Å². The Labute approximate surface area is 322 Å². The maximum Gasteiger partial charge on any atom is 0.303 e. The van der Waals surface area contributed by atoms with Crippen molar-refractivity contribution in [3.05, 3.63) is 92.2 Å². The summed E-state index contributed by atoms with van der Waals surface area (Å²) >= 11 is 0. The van der Waals surface area contributed by atoms with Gasteiger partial charge in [-0.2, -0.15) is 0 Å². The molecule has 0 spiro atoms. The van der Waals surface area contributed by atoms with Crippen molar-refractivity contribution in [2.75, 3.05) is 46.6 Å². The van der Waals surface area contributed by atoms with Crippen LogP contribution in [0.5, 0.6) is 0 Å². The number of hydrogen-bond donors (Lipinski definition) is 3. The van der Waals surface area contributed by atoms with Gasteiger partial charge >= 0.3 is 5.97 Å². The van der Waals surface area contributed by atoms with E-state index in [9.17, 15) is 9.59 Å². The molecule has 2 aromatic carbocycles. The Morgan fingerprint density at radius 2 is 1.26 bits per heavy atom. The van der Waals surface area contributed by atoms with Crippen LogP contribution in [0.4, 0.5) is 0 Å². The number of aliphatic hydroxyl groups excluding tert-OH is 1. The number of carboxylic acid groups (broad SMARTS) is 1. The van der Waals surface area contributed by atoms with E-state index in [1.807, 2.05) is 37.3 Å². The zero-order valence-corrected chi connectivity index (χ0v) is 32.8. The lowest BCUT2D eigenvalue weighted by molar-refractivity contribution is -0.137. The summed E-state index contributed by atoms with van der Waals surface area (Å²) in [7, 11) is 1.61. The molecule has 0 heterocycles. The van der Waals surface area contributed by atoms with Crippen LogP contribution in [-0.4, -0.2) is 68.7 Å². The second-order valence-electron chi connectivity index (χ2n) is 12.4. The minimum Gasteiger partial charge on any atom is -0.481 e. The van der Waals surface area contributed by atoms with Crippen LogP contribution in [0.25, 0.3) is 20.9 Å². The van der Waals surface area contributed by atoms with Crippen molar-refractivity contribution in [1.82, 2.24) is 5.32 Å². The van der Waals surface area contributed by atoms with Gasteiger partial charge in [-0.1, -0.05) is 135 Å². The fourth-order valence-electron chi connectivity index (χ4n) is 2.97. The highest BCUT2D eigenvalue weighted by Gasteiger charge is 1.96. The number of nitrogens with zero attached hydrogens (tertiary/aromatic N) is 6. The maximum atomic E-state index is 10.1. The average molecular weight is 750 g/mol. The van der Waals surface area contributed by atoms with E-state index in [0.29, 0.717) is 44.7 Å². The lowest BCUT2D eigenvalue weighted by atomic mass is 10.0. The van der Waals surface area contributed by atoms with Crippen LogP contribution in [0.2, 0.25) is 0 Å². The van der Waals surface area contributed by atoms with Crippen molar-refractivity contribution in [3.8, 4) is 0 Å². The predicted molar refractivity (Wildman–Crippen MR) is 222 cm³/mol. The van der Waals surface area contributed by atoms with Gasteiger partial charge in [-0.25, -0.2) is 0 Å². The SMILES string of the molecule is C.C.CC(C)(C)C.CCCNC(C)=O.CCc1ccc(CO)cc1.CCc1ccccc1.COCCOCCN=[N+]=[N-].[N-]=[N+]=NCCCCCC(=O)O. The number of azide groups is 2. The van der Waals surface area contributed by atoms with E-state index >= 15 is 0 Å². The monoisotopic (exact) mass is 750 g/mol. The van der Waals surface area contributed by atoms with Crippen LogP contribution < -0.4 is 5.32 Å². The quantitative estimate of drug-likeness (QED) is 0.0621. The number of benzene rings is 2. The number of aliphatic carboxylic acids is 1. The molecule has 0 aliphatic heterocycles. The van der Waals surface area contributed by atoms with E-state index in [-0.39, 0.29) is 33.8 Å². The van der Waals surface area contributed by atoms with Crippen molar-refractivity contribution in [3.63, 3.8) is 0 Å². The Kier molecular flexibility index (Phi) is 55.1. The third kappa shape index (κ3) is 66.7. The molecule has 2 rings (SSSR count). The Bertz CT molecular complexity index is 1120. The second-order valence-corrected chi connectivity index (χ2v) is 12.4. The summed E-state index contributed by atoms with van der Waals surface area (Å²) < 4.78 is 9.71. The minimum atomic E-state index is -0.770. The highest BCUT2D eigenvalue weighted by atomic mass is 16.5.